The van der Waals surface area contributed by atoms with Gasteiger partial charge >= 0.3 is 12.1 Å². The van der Waals surface area contributed by atoms with Gasteiger partial charge in [-0.05, 0) is 0 Å². The number of hydrogen-bond donors (Lipinski definition) is 1. The molecular formula is C13H12F3N3O4S. The van der Waals surface area contributed by atoms with E-state index in [1.54, 1.807) is 0 Å². The van der Waals surface area contributed by atoms with Crippen LogP contribution in [0.5, 0.6) is 0 Å². The molecule has 3 heterocycles. The minimum absolute atomic E-state index is 0.340. The Hall–Kier alpha value is -2.04. The van der Waals surface area contributed by atoms with Gasteiger partial charge in [-0.1, -0.05) is 11.8 Å². The molecule has 1 saturated heterocycles. The third-order valence-corrected chi connectivity index (χ3v) is 5.10. The highest BCUT2D eigenvalue weighted by atomic mass is 32.2. The minimum Gasteiger partial charge on any atom is -0.481 e. The molecule has 1 aromatic rings. The lowest BCUT2D eigenvalue weighted by atomic mass is 9.96. The molecule has 0 aromatic carbocycles. The van der Waals surface area contributed by atoms with Crippen molar-refractivity contribution in [1.29, 1.82) is 0 Å². The molecule has 1 fully saturated rings. The third kappa shape index (κ3) is 2.76. The van der Waals surface area contributed by atoms with E-state index in [-0.39, 0.29) is 5.56 Å². The molecule has 2 aliphatic heterocycles. The number of carbonyl (C=O) groups is 2. The molecule has 1 N–H and O–H groups in total. The largest absolute Gasteiger partial charge is 0.481 e. The van der Waals surface area contributed by atoms with Crippen LogP contribution in [0.2, 0.25) is 0 Å². The van der Waals surface area contributed by atoms with Gasteiger partial charge in [0.05, 0.1) is 11.8 Å². The number of carboxylic acid groups (broad SMARTS) is 1. The number of fused-ring (bicyclic) bond motifs is 1. The predicted octanol–water partition coefficient (Wildman–Crippen LogP) is 0.684. The summed E-state index contributed by atoms with van der Waals surface area (Å²) in [5, 5.41) is 9.43. The number of halogens is 3. The summed E-state index contributed by atoms with van der Waals surface area (Å²) >= 11 is 1.34. The standard InChI is InChI=1S/C13H12F3N3O4S/c14-13(15,16)8-5-18(4-7(8)11(22)23)9(20)6-3-17-12-19(10(6)21)1-2-24-12/h3,7-8H,1-2,4-5H2,(H,22,23)/t7-,8-/m1/s1. The Morgan fingerprint density at radius 2 is 2.04 bits per heavy atom. The van der Waals surface area contributed by atoms with Gasteiger partial charge in [-0.25, -0.2) is 4.98 Å². The number of carbonyl (C=O) groups excluding carboxylic acids is 1. The molecular weight excluding hydrogens is 351 g/mol. The number of thioether (sulfide) groups is 1. The number of carboxylic acids is 1. The Bertz CT molecular complexity index is 764. The van der Waals surface area contributed by atoms with Crippen molar-refractivity contribution in [3.63, 3.8) is 0 Å². The highest BCUT2D eigenvalue weighted by molar-refractivity contribution is 7.99. The Morgan fingerprint density at radius 1 is 1.33 bits per heavy atom. The molecule has 0 saturated carbocycles. The molecule has 130 valence electrons. The smallest absolute Gasteiger partial charge is 0.394 e. The Balaban J connectivity index is 1.89. The summed E-state index contributed by atoms with van der Waals surface area (Å²) in [6.45, 7) is -1.00. The van der Waals surface area contributed by atoms with E-state index >= 15 is 0 Å². The minimum atomic E-state index is -4.74. The van der Waals surface area contributed by atoms with Crippen LogP contribution in [-0.2, 0) is 11.3 Å². The second kappa shape index (κ2) is 5.80. The monoisotopic (exact) mass is 363 g/mol. The Morgan fingerprint density at radius 3 is 2.62 bits per heavy atom. The number of nitrogens with zero attached hydrogens (tertiary/aromatic N) is 3. The highest BCUT2D eigenvalue weighted by Gasteiger charge is 2.53. The zero-order valence-corrected chi connectivity index (χ0v) is 12.9. The van der Waals surface area contributed by atoms with Gasteiger partial charge in [0.25, 0.3) is 11.5 Å². The summed E-state index contributed by atoms with van der Waals surface area (Å²) in [6.07, 6.45) is -3.69. The fourth-order valence-electron chi connectivity index (χ4n) is 2.89. The van der Waals surface area contributed by atoms with Crippen LogP contribution in [-0.4, -0.2) is 56.5 Å². The summed E-state index contributed by atoms with van der Waals surface area (Å²) < 4.78 is 40.3. The fourth-order valence-corrected chi connectivity index (χ4v) is 3.80. The summed E-state index contributed by atoms with van der Waals surface area (Å²) in [7, 11) is 0. The van der Waals surface area contributed by atoms with E-state index in [2.05, 4.69) is 4.98 Å². The van der Waals surface area contributed by atoms with Crippen molar-refractivity contribution in [3.8, 4) is 0 Å². The van der Waals surface area contributed by atoms with Gasteiger partial charge in [0, 0.05) is 31.6 Å². The first-order chi connectivity index (χ1) is 11.2. The fraction of sp³-hybridized carbons (Fsp3) is 0.538. The van der Waals surface area contributed by atoms with Crippen molar-refractivity contribution in [2.24, 2.45) is 11.8 Å². The van der Waals surface area contributed by atoms with E-state index in [4.69, 9.17) is 5.11 Å². The molecule has 0 spiro atoms. The Kier molecular flexibility index (Phi) is 4.06. The molecule has 2 atom stereocenters. The lowest BCUT2D eigenvalue weighted by molar-refractivity contribution is -0.187. The lowest BCUT2D eigenvalue weighted by Crippen LogP contribution is -2.37. The number of aromatic nitrogens is 2. The van der Waals surface area contributed by atoms with E-state index in [1.807, 2.05) is 0 Å². The SMILES string of the molecule is O=C(O)[C@@H]1CN(C(=O)c2cnc3n(c2=O)CCS3)C[C@H]1C(F)(F)F. The van der Waals surface area contributed by atoms with Crippen molar-refractivity contribution in [2.45, 2.75) is 17.9 Å². The molecule has 7 nitrogen and oxygen atoms in total. The lowest BCUT2D eigenvalue weighted by Gasteiger charge is -2.18. The normalized spacial score (nSPS) is 23.4. The van der Waals surface area contributed by atoms with Crippen molar-refractivity contribution < 1.29 is 27.9 Å². The van der Waals surface area contributed by atoms with Crippen LogP contribution in [0.1, 0.15) is 10.4 Å². The number of hydrogen-bond acceptors (Lipinski definition) is 5. The van der Waals surface area contributed by atoms with E-state index in [0.717, 1.165) is 11.1 Å². The van der Waals surface area contributed by atoms with Gasteiger partial charge < -0.3 is 10.0 Å². The van der Waals surface area contributed by atoms with Crippen LogP contribution in [0.25, 0.3) is 0 Å². The van der Waals surface area contributed by atoms with Crippen molar-refractivity contribution in [1.82, 2.24) is 14.5 Å². The molecule has 0 unspecified atom stereocenters. The maximum absolute atomic E-state index is 13.0. The van der Waals surface area contributed by atoms with Crippen LogP contribution in [0.4, 0.5) is 13.2 Å². The molecule has 0 radical (unpaired) electrons. The number of amides is 1. The zero-order valence-electron chi connectivity index (χ0n) is 12.1. The number of alkyl halides is 3. The van der Waals surface area contributed by atoms with E-state index in [1.165, 1.54) is 16.3 Å². The van der Waals surface area contributed by atoms with Crippen LogP contribution >= 0.6 is 11.8 Å². The molecule has 0 aliphatic carbocycles. The molecule has 3 rings (SSSR count). The van der Waals surface area contributed by atoms with Gasteiger partial charge in [0.1, 0.15) is 5.56 Å². The summed E-state index contributed by atoms with van der Waals surface area (Å²) in [5.74, 6) is -5.80. The average molecular weight is 363 g/mol. The number of rotatable bonds is 2. The Labute approximate surface area is 137 Å². The first kappa shape index (κ1) is 16.8. The predicted molar refractivity (Wildman–Crippen MR) is 75.8 cm³/mol. The summed E-state index contributed by atoms with van der Waals surface area (Å²) in [5.41, 5.74) is -0.953. The summed E-state index contributed by atoms with van der Waals surface area (Å²) in [6, 6.07) is 0. The van der Waals surface area contributed by atoms with E-state index in [9.17, 15) is 27.6 Å². The van der Waals surface area contributed by atoms with Gasteiger partial charge in [0.2, 0.25) is 0 Å². The molecule has 1 amide bonds. The number of likely N-dealkylation sites (tertiary alicyclic amines) is 1. The van der Waals surface area contributed by atoms with Crippen LogP contribution < -0.4 is 5.56 Å². The topological polar surface area (TPSA) is 92.5 Å². The molecule has 1 aromatic heterocycles. The van der Waals surface area contributed by atoms with Crippen LogP contribution in [0.15, 0.2) is 16.1 Å². The average Bonchev–Trinajstić information content (AvgIpc) is 3.13. The highest BCUT2D eigenvalue weighted by Crippen LogP contribution is 2.38. The van der Waals surface area contributed by atoms with Gasteiger partial charge in [-0.3, -0.25) is 19.0 Å². The second-order valence-electron chi connectivity index (χ2n) is 5.56. The quantitative estimate of drug-likeness (QED) is 0.777. The van der Waals surface area contributed by atoms with Crippen molar-refractivity contribution in [2.75, 3.05) is 18.8 Å². The van der Waals surface area contributed by atoms with Crippen molar-refractivity contribution >= 4 is 23.6 Å². The van der Waals surface area contributed by atoms with Crippen LogP contribution in [0, 0.1) is 11.8 Å². The van der Waals surface area contributed by atoms with E-state index < -0.39 is 48.5 Å². The molecule has 2 aliphatic rings. The first-order valence-electron chi connectivity index (χ1n) is 7.01. The van der Waals surface area contributed by atoms with Crippen molar-refractivity contribution in [3.05, 3.63) is 22.1 Å². The second-order valence-corrected chi connectivity index (χ2v) is 6.62. The van der Waals surface area contributed by atoms with Crippen LogP contribution in [0.3, 0.4) is 0 Å². The first-order valence-corrected chi connectivity index (χ1v) is 8.00. The van der Waals surface area contributed by atoms with E-state index in [0.29, 0.717) is 17.5 Å². The maximum Gasteiger partial charge on any atom is 0.394 e. The molecule has 24 heavy (non-hydrogen) atoms. The zero-order chi connectivity index (χ0) is 17.6. The third-order valence-electron chi connectivity index (χ3n) is 4.13. The summed E-state index contributed by atoms with van der Waals surface area (Å²) in [4.78, 5) is 40.5. The maximum atomic E-state index is 13.0. The number of aliphatic carboxylic acids is 1. The van der Waals surface area contributed by atoms with Gasteiger partial charge in [-0.2, -0.15) is 13.2 Å². The van der Waals surface area contributed by atoms with Gasteiger partial charge in [0.15, 0.2) is 5.16 Å². The molecule has 11 heteroatoms. The van der Waals surface area contributed by atoms with Gasteiger partial charge in [-0.15, -0.1) is 0 Å². The molecule has 0 bridgehead atoms.